The summed E-state index contributed by atoms with van der Waals surface area (Å²) in [5, 5.41) is 0. The zero-order valence-corrected chi connectivity index (χ0v) is 13.8. The van der Waals surface area contributed by atoms with Crippen LogP contribution < -0.4 is 5.73 Å². The SMILES string of the molecule is CCCCCN(C)S(=O)(=O)CCSc1cccc(N)c1. The van der Waals surface area contributed by atoms with E-state index >= 15 is 0 Å². The van der Waals surface area contributed by atoms with E-state index in [9.17, 15) is 8.42 Å². The molecule has 0 radical (unpaired) electrons. The van der Waals surface area contributed by atoms with Gasteiger partial charge in [0.15, 0.2) is 0 Å². The summed E-state index contributed by atoms with van der Waals surface area (Å²) < 4.78 is 25.6. The van der Waals surface area contributed by atoms with Gasteiger partial charge in [0.1, 0.15) is 0 Å². The first-order valence-corrected chi connectivity index (χ1v) is 9.47. The van der Waals surface area contributed by atoms with Gasteiger partial charge in [-0.05, 0) is 24.6 Å². The molecule has 0 saturated heterocycles. The van der Waals surface area contributed by atoms with E-state index < -0.39 is 10.0 Å². The van der Waals surface area contributed by atoms with Crippen molar-refractivity contribution in [2.24, 2.45) is 0 Å². The van der Waals surface area contributed by atoms with Crippen molar-refractivity contribution in [3.05, 3.63) is 24.3 Å². The Morgan fingerprint density at radius 3 is 2.70 bits per heavy atom. The molecule has 4 nitrogen and oxygen atoms in total. The van der Waals surface area contributed by atoms with Crippen molar-refractivity contribution < 1.29 is 8.42 Å². The molecule has 0 aromatic heterocycles. The summed E-state index contributed by atoms with van der Waals surface area (Å²) in [4.78, 5) is 1.01. The van der Waals surface area contributed by atoms with Gasteiger partial charge in [0.2, 0.25) is 10.0 Å². The fourth-order valence-corrected chi connectivity index (χ4v) is 4.27. The van der Waals surface area contributed by atoms with Crippen LogP contribution in [-0.4, -0.2) is 37.8 Å². The predicted molar refractivity (Wildman–Crippen MR) is 87.5 cm³/mol. The molecule has 2 N–H and O–H groups in total. The lowest BCUT2D eigenvalue weighted by molar-refractivity contribution is 0.455. The van der Waals surface area contributed by atoms with E-state index in [1.807, 2.05) is 24.3 Å². The zero-order valence-electron chi connectivity index (χ0n) is 12.2. The van der Waals surface area contributed by atoms with Crippen molar-refractivity contribution in [1.29, 1.82) is 0 Å². The minimum atomic E-state index is -3.14. The van der Waals surface area contributed by atoms with E-state index in [1.165, 1.54) is 16.1 Å². The molecule has 0 spiro atoms. The smallest absolute Gasteiger partial charge is 0.214 e. The van der Waals surface area contributed by atoms with Gasteiger partial charge in [0, 0.05) is 29.9 Å². The molecule has 0 aliphatic heterocycles. The van der Waals surface area contributed by atoms with E-state index in [4.69, 9.17) is 5.73 Å². The summed E-state index contributed by atoms with van der Waals surface area (Å²) in [5.41, 5.74) is 6.40. The Balaban J connectivity index is 2.39. The van der Waals surface area contributed by atoms with E-state index in [2.05, 4.69) is 6.92 Å². The van der Waals surface area contributed by atoms with Gasteiger partial charge in [-0.1, -0.05) is 25.8 Å². The number of anilines is 1. The molecule has 0 heterocycles. The molecule has 1 aromatic rings. The van der Waals surface area contributed by atoms with Gasteiger partial charge >= 0.3 is 0 Å². The fourth-order valence-electron chi connectivity index (χ4n) is 1.75. The van der Waals surface area contributed by atoms with Crippen LogP contribution in [-0.2, 0) is 10.0 Å². The van der Waals surface area contributed by atoms with Crippen LogP contribution in [0.1, 0.15) is 26.2 Å². The number of hydrogen-bond donors (Lipinski definition) is 1. The molecule has 1 rings (SSSR count). The van der Waals surface area contributed by atoms with Crippen LogP contribution in [0.4, 0.5) is 5.69 Å². The summed E-state index contributed by atoms with van der Waals surface area (Å²) in [6.07, 6.45) is 3.09. The van der Waals surface area contributed by atoms with E-state index in [-0.39, 0.29) is 5.75 Å². The maximum absolute atomic E-state index is 12.1. The molecule has 1 aromatic carbocycles. The van der Waals surface area contributed by atoms with Crippen molar-refractivity contribution in [2.75, 3.05) is 30.8 Å². The van der Waals surface area contributed by atoms with Crippen LogP contribution in [0.3, 0.4) is 0 Å². The summed E-state index contributed by atoms with van der Waals surface area (Å²) in [7, 11) is -1.48. The lowest BCUT2D eigenvalue weighted by atomic mass is 10.2. The molecule has 0 bridgehead atoms. The van der Waals surface area contributed by atoms with E-state index in [0.717, 1.165) is 24.2 Å². The second-order valence-electron chi connectivity index (χ2n) is 4.77. The lowest BCUT2D eigenvalue weighted by Crippen LogP contribution is -2.30. The third-order valence-corrected chi connectivity index (χ3v) is 6.13. The number of rotatable bonds is 9. The summed E-state index contributed by atoms with van der Waals surface area (Å²) in [6.45, 7) is 2.72. The number of nitrogens with two attached hydrogens (primary N) is 1. The van der Waals surface area contributed by atoms with Crippen molar-refractivity contribution in [3.8, 4) is 0 Å². The predicted octanol–water partition coefficient (Wildman–Crippen LogP) is 2.81. The highest BCUT2D eigenvalue weighted by atomic mass is 32.2. The Kier molecular flexibility index (Phi) is 7.40. The third kappa shape index (κ3) is 6.15. The number of hydrogen-bond acceptors (Lipinski definition) is 4. The van der Waals surface area contributed by atoms with Gasteiger partial charge in [-0.3, -0.25) is 0 Å². The van der Waals surface area contributed by atoms with Gasteiger partial charge in [-0.25, -0.2) is 12.7 Å². The third-order valence-electron chi connectivity index (χ3n) is 3.02. The summed E-state index contributed by atoms with van der Waals surface area (Å²) in [5.74, 6) is 0.707. The fraction of sp³-hybridized carbons (Fsp3) is 0.571. The molecule has 0 unspecified atom stereocenters. The Morgan fingerprint density at radius 2 is 2.05 bits per heavy atom. The minimum Gasteiger partial charge on any atom is -0.399 e. The largest absolute Gasteiger partial charge is 0.399 e. The van der Waals surface area contributed by atoms with Crippen molar-refractivity contribution in [1.82, 2.24) is 4.31 Å². The normalized spacial score (nSPS) is 11.9. The van der Waals surface area contributed by atoms with Crippen LogP contribution in [0.5, 0.6) is 0 Å². The van der Waals surface area contributed by atoms with Gasteiger partial charge in [-0.15, -0.1) is 11.8 Å². The Labute approximate surface area is 126 Å². The number of nitrogen functional groups attached to an aromatic ring is 1. The van der Waals surface area contributed by atoms with Crippen LogP contribution >= 0.6 is 11.8 Å². The molecule has 0 aliphatic carbocycles. The maximum Gasteiger partial charge on any atom is 0.214 e. The molecular weight excluding hydrogens is 292 g/mol. The molecule has 0 saturated carbocycles. The molecule has 0 atom stereocenters. The van der Waals surface area contributed by atoms with Crippen molar-refractivity contribution in [3.63, 3.8) is 0 Å². The number of unbranched alkanes of at least 4 members (excludes halogenated alkanes) is 2. The van der Waals surface area contributed by atoms with E-state index in [0.29, 0.717) is 18.0 Å². The van der Waals surface area contributed by atoms with Crippen LogP contribution in [0.2, 0.25) is 0 Å². The quantitative estimate of drug-likeness (QED) is 0.432. The molecule has 20 heavy (non-hydrogen) atoms. The molecule has 0 aliphatic rings. The highest BCUT2D eigenvalue weighted by Crippen LogP contribution is 2.20. The molecule has 0 amide bonds. The maximum atomic E-state index is 12.1. The number of thioether (sulfide) groups is 1. The van der Waals surface area contributed by atoms with Crippen LogP contribution in [0.15, 0.2) is 29.2 Å². The first-order valence-electron chi connectivity index (χ1n) is 6.88. The minimum absolute atomic E-state index is 0.162. The highest BCUT2D eigenvalue weighted by molar-refractivity contribution is 8.00. The standard InChI is InChI=1S/C14H24N2O2S2/c1-3-4-5-9-16(2)20(17,18)11-10-19-14-8-6-7-13(15)12-14/h6-8,12H,3-5,9-11,15H2,1-2H3. The average molecular weight is 316 g/mol. The zero-order chi connectivity index (χ0) is 15.0. The molecule has 0 fully saturated rings. The molecule has 6 heteroatoms. The number of sulfonamides is 1. The average Bonchev–Trinajstić information content (AvgIpc) is 2.38. The Hall–Kier alpha value is -0.720. The number of benzene rings is 1. The van der Waals surface area contributed by atoms with Crippen LogP contribution in [0, 0.1) is 0 Å². The second-order valence-corrected chi connectivity index (χ2v) is 8.13. The first kappa shape index (κ1) is 17.3. The monoisotopic (exact) mass is 316 g/mol. The number of nitrogens with zero attached hydrogens (tertiary/aromatic N) is 1. The van der Waals surface area contributed by atoms with Crippen LogP contribution in [0.25, 0.3) is 0 Å². The van der Waals surface area contributed by atoms with Crippen molar-refractivity contribution >= 4 is 27.5 Å². The Bertz CT molecular complexity index is 504. The Morgan fingerprint density at radius 1 is 1.30 bits per heavy atom. The van der Waals surface area contributed by atoms with Gasteiger partial charge in [0.25, 0.3) is 0 Å². The summed E-state index contributed by atoms with van der Waals surface area (Å²) >= 11 is 1.52. The van der Waals surface area contributed by atoms with Gasteiger partial charge in [-0.2, -0.15) is 0 Å². The van der Waals surface area contributed by atoms with E-state index in [1.54, 1.807) is 7.05 Å². The first-order chi connectivity index (χ1) is 9.45. The highest BCUT2D eigenvalue weighted by Gasteiger charge is 2.16. The topological polar surface area (TPSA) is 63.4 Å². The second kappa shape index (κ2) is 8.54. The lowest BCUT2D eigenvalue weighted by Gasteiger charge is -2.16. The van der Waals surface area contributed by atoms with Gasteiger partial charge in [0.05, 0.1) is 5.75 Å². The summed E-state index contributed by atoms with van der Waals surface area (Å²) in [6, 6.07) is 7.51. The van der Waals surface area contributed by atoms with Gasteiger partial charge < -0.3 is 5.73 Å². The molecular formula is C14H24N2O2S2. The van der Waals surface area contributed by atoms with Crippen molar-refractivity contribution in [2.45, 2.75) is 31.1 Å². The molecule has 114 valence electrons.